The molecule has 2 aliphatic carbocycles. The molecule has 1 fully saturated rings. The topological polar surface area (TPSA) is 75.3 Å². The van der Waals surface area contributed by atoms with E-state index in [1.165, 1.54) is 22.5 Å². The fraction of sp³-hybridized carbons (Fsp3) is 0.320. The summed E-state index contributed by atoms with van der Waals surface area (Å²) in [5.41, 5.74) is 4.27. The third-order valence-corrected chi connectivity index (χ3v) is 9.49. The Morgan fingerprint density at radius 2 is 1.69 bits per heavy atom. The molecule has 3 aromatic rings. The predicted molar refractivity (Wildman–Crippen MR) is 127 cm³/mol. The van der Waals surface area contributed by atoms with Crippen LogP contribution in [0.2, 0.25) is 0 Å². The Kier molecular flexibility index (Phi) is 5.88. The Labute approximate surface area is 192 Å². The molecule has 3 atom stereocenters. The molecule has 5 nitrogen and oxygen atoms in total. The first-order valence-corrected chi connectivity index (χ1v) is 13.4. The van der Waals surface area contributed by atoms with Gasteiger partial charge in [-0.3, -0.25) is 4.79 Å². The number of nitrogens with one attached hydrogen (secondary N) is 2. The largest absolute Gasteiger partial charge is 0.326 e. The Morgan fingerprint density at radius 1 is 0.938 bits per heavy atom. The number of thiophene rings is 1. The van der Waals surface area contributed by atoms with E-state index in [1.807, 2.05) is 36.4 Å². The summed E-state index contributed by atoms with van der Waals surface area (Å²) in [6, 6.07) is 19.2. The van der Waals surface area contributed by atoms with Gasteiger partial charge in [0.05, 0.1) is 6.42 Å². The highest BCUT2D eigenvalue weighted by molar-refractivity contribution is 7.91. The van der Waals surface area contributed by atoms with Gasteiger partial charge in [0, 0.05) is 11.7 Å². The molecular formula is C25H26N2O3S2. The van der Waals surface area contributed by atoms with E-state index in [0.717, 1.165) is 36.9 Å². The van der Waals surface area contributed by atoms with E-state index in [4.69, 9.17) is 0 Å². The van der Waals surface area contributed by atoms with Crippen molar-refractivity contribution in [2.24, 2.45) is 11.8 Å². The second-order valence-electron chi connectivity index (χ2n) is 8.78. The van der Waals surface area contributed by atoms with Gasteiger partial charge in [0.2, 0.25) is 15.9 Å². The number of amides is 1. The van der Waals surface area contributed by atoms with E-state index in [-0.39, 0.29) is 17.9 Å². The summed E-state index contributed by atoms with van der Waals surface area (Å²) in [5.74, 6) is 0.536. The molecule has 1 aromatic heterocycles. The lowest BCUT2D eigenvalue weighted by Gasteiger charge is -2.23. The van der Waals surface area contributed by atoms with E-state index in [0.29, 0.717) is 16.5 Å². The van der Waals surface area contributed by atoms with Crippen LogP contribution in [-0.4, -0.2) is 20.4 Å². The molecule has 0 aliphatic heterocycles. The highest BCUT2D eigenvalue weighted by atomic mass is 32.2. The predicted octanol–water partition coefficient (Wildman–Crippen LogP) is 4.40. The molecule has 2 aromatic carbocycles. The van der Waals surface area contributed by atoms with Gasteiger partial charge in [-0.15, -0.1) is 11.3 Å². The van der Waals surface area contributed by atoms with E-state index in [9.17, 15) is 13.2 Å². The van der Waals surface area contributed by atoms with Crippen molar-refractivity contribution < 1.29 is 13.2 Å². The standard InChI is InChI=1S/C25H26N2O3S2/c28-23(13-17-5-2-1-3-6-17)26-22-11-10-18-14-19-8-9-20(15-21(18)16-22)25(19)27-32(29,30)24-7-4-12-31-24/h1-7,10-12,16,19-20,25,27H,8-9,13-15H2,(H,26,28)/t19-,20+,25+/m0/s1. The molecule has 1 heterocycles. The number of hydrogen-bond donors (Lipinski definition) is 2. The smallest absolute Gasteiger partial charge is 0.250 e. The zero-order chi connectivity index (χ0) is 22.1. The molecule has 2 N–H and O–H groups in total. The maximum absolute atomic E-state index is 12.8. The number of rotatable bonds is 6. The summed E-state index contributed by atoms with van der Waals surface area (Å²) in [6.07, 6.45) is 4.09. The van der Waals surface area contributed by atoms with Crippen LogP contribution in [0.15, 0.2) is 70.3 Å². The minimum atomic E-state index is -3.49. The quantitative estimate of drug-likeness (QED) is 0.565. The average Bonchev–Trinajstić information content (AvgIpc) is 3.39. The zero-order valence-electron chi connectivity index (χ0n) is 17.7. The third kappa shape index (κ3) is 4.51. The molecule has 5 rings (SSSR count). The van der Waals surface area contributed by atoms with Crippen LogP contribution in [0.1, 0.15) is 29.5 Å². The van der Waals surface area contributed by atoms with Crippen LogP contribution in [-0.2, 0) is 34.1 Å². The fourth-order valence-electron chi connectivity index (χ4n) is 5.12. The van der Waals surface area contributed by atoms with Crippen LogP contribution in [0.25, 0.3) is 0 Å². The van der Waals surface area contributed by atoms with E-state index < -0.39 is 10.0 Å². The normalized spacial score (nSPS) is 22.2. The van der Waals surface area contributed by atoms with Crippen molar-refractivity contribution in [1.29, 1.82) is 0 Å². The highest BCUT2D eigenvalue weighted by Gasteiger charge is 2.41. The van der Waals surface area contributed by atoms with E-state index in [2.05, 4.69) is 22.2 Å². The second kappa shape index (κ2) is 8.81. The summed E-state index contributed by atoms with van der Waals surface area (Å²) >= 11 is 1.25. The van der Waals surface area contributed by atoms with Crippen molar-refractivity contribution in [3.05, 3.63) is 82.7 Å². The lowest BCUT2D eigenvalue weighted by molar-refractivity contribution is -0.115. The molecule has 7 heteroatoms. The van der Waals surface area contributed by atoms with Crippen LogP contribution in [0.4, 0.5) is 5.69 Å². The lowest BCUT2D eigenvalue weighted by Crippen LogP contribution is -2.41. The molecule has 0 spiro atoms. The number of carbonyl (C=O) groups excluding carboxylic acids is 1. The number of sulfonamides is 1. The number of carbonyl (C=O) groups is 1. The molecule has 2 aliphatic rings. The Balaban J connectivity index is 1.30. The average molecular weight is 467 g/mol. The van der Waals surface area contributed by atoms with Crippen LogP contribution in [0.3, 0.4) is 0 Å². The fourth-order valence-corrected chi connectivity index (χ4v) is 7.50. The maximum atomic E-state index is 12.8. The second-order valence-corrected chi connectivity index (χ2v) is 11.7. The first-order valence-electron chi connectivity index (χ1n) is 11.0. The van der Waals surface area contributed by atoms with Gasteiger partial charge in [-0.1, -0.05) is 42.5 Å². The monoisotopic (exact) mass is 466 g/mol. The molecule has 1 amide bonds. The van der Waals surface area contributed by atoms with Crippen LogP contribution >= 0.6 is 11.3 Å². The van der Waals surface area contributed by atoms with Crippen molar-refractivity contribution in [1.82, 2.24) is 4.72 Å². The minimum Gasteiger partial charge on any atom is -0.326 e. The SMILES string of the molecule is O=C(Cc1ccccc1)Nc1ccc2c(c1)C[C@H]1CC[C@@H](C2)[C@H]1NS(=O)(=O)c1cccs1. The Bertz CT molecular complexity index is 1210. The maximum Gasteiger partial charge on any atom is 0.250 e. The first-order chi connectivity index (χ1) is 15.5. The van der Waals surface area contributed by atoms with Crippen LogP contribution in [0, 0.1) is 11.8 Å². The van der Waals surface area contributed by atoms with Gasteiger partial charge in [0.15, 0.2) is 0 Å². The highest BCUT2D eigenvalue weighted by Crippen LogP contribution is 2.41. The summed E-state index contributed by atoms with van der Waals surface area (Å²) in [6.45, 7) is 0. The van der Waals surface area contributed by atoms with Crippen LogP contribution < -0.4 is 10.0 Å². The summed E-state index contributed by atoms with van der Waals surface area (Å²) < 4.78 is 29.1. The molecular weight excluding hydrogens is 440 g/mol. The van der Waals surface area contributed by atoms with Crippen molar-refractivity contribution in [3.63, 3.8) is 0 Å². The number of benzene rings is 2. The van der Waals surface area contributed by atoms with Gasteiger partial charge in [-0.25, -0.2) is 13.1 Å². The Hall–Kier alpha value is -2.48. The lowest BCUT2D eigenvalue weighted by atomic mass is 9.93. The van der Waals surface area contributed by atoms with Gasteiger partial charge in [-0.05, 0) is 77.8 Å². The number of anilines is 1. The summed E-state index contributed by atoms with van der Waals surface area (Å²) in [4.78, 5) is 12.5. The first kappa shape index (κ1) is 21.4. The van der Waals surface area contributed by atoms with E-state index in [1.54, 1.807) is 17.5 Å². The Morgan fingerprint density at radius 3 is 2.41 bits per heavy atom. The van der Waals surface area contributed by atoms with Crippen molar-refractivity contribution in [2.75, 3.05) is 5.32 Å². The summed E-state index contributed by atoms with van der Waals surface area (Å²) in [7, 11) is -3.49. The number of hydrogen-bond acceptors (Lipinski definition) is 4. The van der Waals surface area contributed by atoms with E-state index >= 15 is 0 Å². The molecule has 0 unspecified atom stereocenters. The molecule has 32 heavy (non-hydrogen) atoms. The van der Waals surface area contributed by atoms with Crippen molar-refractivity contribution in [2.45, 2.75) is 42.4 Å². The number of fused-ring (bicyclic) bond motifs is 3. The molecule has 0 radical (unpaired) electrons. The van der Waals surface area contributed by atoms with Gasteiger partial charge in [0.25, 0.3) is 0 Å². The summed E-state index contributed by atoms with van der Waals surface area (Å²) in [5, 5.41) is 4.82. The van der Waals surface area contributed by atoms with Gasteiger partial charge in [-0.2, -0.15) is 0 Å². The molecule has 0 saturated heterocycles. The van der Waals surface area contributed by atoms with Crippen molar-refractivity contribution in [3.8, 4) is 0 Å². The van der Waals surface area contributed by atoms with Crippen LogP contribution in [0.5, 0.6) is 0 Å². The van der Waals surface area contributed by atoms with Crippen molar-refractivity contribution >= 4 is 33.0 Å². The van der Waals surface area contributed by atoms with Gasteiger partial charge < -0.3 is 5.32 Å². The van der Waals surface area contributed by atoms with Gasteiger partial charge in [0.1, 0.15) is 4.21 Å². The minimum absolute atomic E-state index is 0.0344. The zero-order valence-corrected chi connectivity index (χ0v) is 19.3. The molecule has 2 bridgehead atoms. The van der Waals surface area contributed by atoms with Gasteiger partial charge >= 0.3 is 0 Å². The molecule has 1 saturated carbocycles. The molecule has 166 valence electrons. The third-order valence-electron chi connectivity index (χ3n) is 6.64.